The first-order valence-electron chi connectivity index (χ1n) is 7.15. The molecule has 3 heteroatoms. The topological polar surface area (TPSA) is 30.5 Å². The largest absolute Gasteiger partial charge is 0.381 e. The van der Waals surface area contributed by atoms with Gasteiger partial charge in [0.15, 0.2) is 0 Å². The zero-order valence-corrected chi connectivity index (χ0v) is 11.5. The van der Waals surface area contributed by atoms with Gasteiger partial charge in [-0.05, 0) is 52.1 Å². The summed E-state index contributed by atoms with van der Waals surface area (Å²) in [5.74, 6) is 0. The average molecular weight is 243 g/mol. The summed E-state index contributed by atoms with van der Waals surface area (Å²) in [6.45, 7) is 2.07. The maximum Gasteiger partial charge on any atom is 0.0599 e. The van der Waals surface area contributed by atoms with Gasteiger partial charge in [-0.3, -0.25) is 0 Å². The van der Waals surface area contributed by atoms with Crippen LogP contribution in [0.5, 0.6) is 0 Å². The molecule has 0 amide bonds. The van der Waals surface area contributed by atoms with E-state index in [0.29, 0.717) is 12.2 Å². The van der Waals surface area contributed by atoms with Crippen LogP contribution in [0, 0.1) is 0 Å². The Morgan fingerprint density at radius 2 is 1.82 bits per heavy atom. The minimum Gasteiger partial charge on any atom is -0.381 e. The quantitative estimate of drug-likeness (QED) is 0.632. The van der Waals surface area contributed by atoms with Crippen molar-refractivity contribution in [2.45, 2.75) is 63.6 Å². The first kappa shape index (κ1) is 14.9. The van der Waals surface area contributed by atoms with Crippen molar-refractivity contribution in [2.75, 3.05) is 27.3 Å². The van der Waals surface area contributed by atoms with Gasteiger partial charge in [0, 0.05) is 13.7 Å². The fourth-order valence-electron chi connectivity index (χ4n) is 2.47. The maximum absolute atomic E-state index is 5.93. The van der Waals surface area contributed by atoms with Gasteiger partial charge in [0.25, 0.3) is 0 Å². The minimum atomic E-state index is 0.435. The van der Waals surface area contributed by atoms with E-state index >= 15 is 0 Å². The molecule has 0 aromatic heterocycles. The van der Waals surface area contributed by atoms with Crippen molar-refractivity contribution in [3.05, 3.63) is 0 Å². The standard InChI is InChI=1S/C14H29NO2/c1-15-10-5-3-4-6-11-17-14-9-7-8-13(12-14)16-2/h13-15H,3-12H2,1-2H3. The third-order valence-corrected chi connectivity index (χ3v) is 3.59. The summed E-state index contributed by atoms with van der Waals surface area (Å²) >= 11 is 0. The van der Waals surface area contributed by atoms with E-state index in [2.05, 4.69) is 5.32 Å². The summed E-state index contributed by atoms with van der Waals surface area (Å²) in [7, 11) is 3.83. The summed E-state index contributed by atoms with van der Waals surface area (Å²) < 4.78 is 11.3. The monoisotopic (exact) mass is 243 g/mol. The molecule has 17 heavy (non-hydrogen) atoms. The molecule has 1 fully saturated rings. The molecule has 0 aliphatic heterocycles. The van der Waals surface area contributed by atoms with Crippen LogP contribution in [-0.2, 0) is 9.47 Å². The number of unbranched alkanes of at least 4 members (excludes halogenated alkanes) is 3. The fraction of sp³-hybridized carbons (Fsp3) is 1.00. The van der Waals surface area contributed by atoms with E-state index in [0.717, 1.165) is 19.6 Å². The van der Waals surface area contributed by atoms with Crippen LogP contribution in [0.15, 0.2) is 0 Å². The molecule has 0 bridgehead atoms. The van der Waals surface area contributed by atoms with Crippen LogP contribution >= 0.6 is 0 Å². The van der Waals surface area contributed by atoms with Crippen LogP contribution in [0.1, 0.15) is 51.4 Å². The fourth-order valence-corrected chi connectivity index (χ4v) is 2.47. The van der Waals surface area contributed by atoms with Gasteiger partial charge < -0.3 is 14.8 Å². The minimum absolute atomic E-state index is 0.435. The average Bonchev–Trinajstić information content (AvgIpc) is 2.38. The van der Waals surface area contributed by atoms with Gasteiger partial charge in [0.05, 0.1) is 12.2 Å². The second-order valence-electron chi connectivity index (χ2n) is 5.03. The lowest BCUT2D eigenvalue weighted by atomic mass is 9.95. The van der Waals surface area contributed by atoms with Crippen molar-refractivity contribution >= 4 is 0 Å². The summed E-state index contributed by atoms with van der Waals surface area (Å²) in [6.07, 6.45) is 10.8. The van der Waals surface area contributed by atoms with E-state index in [4.69, 9.17) is 9.47 Å². The van der Waals surface area contributed by atoms with Crippen LogP contribution in [-0.4, -0.2) is 39.5 Å². The zero-order chi connectivity index (χ0) is 12.3. The van der Waals surface area contributed by atoms with Gasteiger partial charge >= 0.3 is 0 Å². The Labute approximate surface area is 106 Å². The Bertz CT molecular complexity index is 176. The SMILES string of the molecule is CNCCCCCCOC1CCCC(OC)C1. The highest BCUT2D eigenvalue weighted by molar-refractivity contribution is 4.73. The molecule has 0 aromatic rings. The van der Waals surface area contributed by atoms with Crippen LogP contribution in [0.3, 0.4) is 0 Å². The molecule has 1 rings (SSSR count). The Morgan fingerprint density at radius 3 is 2.59 bits per heavy atom. The van der Waals surface area contributed by atoms with E-state index in [9.17, 15) is 0 Å². The summed E-state index contributed by atoms with van der Waals surface area (Å²) in [6, 6.07) is 0. The Morgan fingerprint density at radius 1 is 1.06 bits per heavy atom. The van der Waals surface area contributed by atoms with Gasteiger partial charge in [0.1, 0.15) is 0 Å². The molecule has 3 nitrogen and oxygen atoms in total. The number of methoxy groups -OCH3 is 1. The van der Waals surface area contributed by atoms with Crippen LogP contribution in [0.25, 0.3) is 0 Å². The Balaban J connectivity index is 1.91. The van der Waals surface area contributed by atoms with Gasteiger partial charge in [-0.2, -0.15) is 0 Å². The summed E-state index contributed by atoms with van der Waals surface area (Å²) in [4.78, 5) is 0. The Kier molecular flexibility index (Phi) is 8.67. The van der Waals surface area contributed by atoms with Crippen molar-refractivity contribution in [1.82, 2.24) is 5.32 Å². The van der Waals surface area contributed by atoms with Crippen molar-refractivity contribution in [2.24, 2.45) is 0 Å². The Hall–Kier alpha value is -0.120. The van der Waals surface area contributed by atoms with Gasteiger partial charge in [0.2, 0.25) is 0 Å². The summed E-state index contributed by atoms with van der Waals surface area (Å²) in [5.41, 5.74) is 0. The molecule has 2 atom stereocenters. The van der Waals surface area contributed by atoms with Crippen LogP contribution in [0.4, 0.5) is 0 Å². The third kappa shape index (κ3) is 7.02. The highest BCUT2D eigenvalue weighted by Gasteiger charge is 2.21. The van der Waals surface area contributed by atoms with Crippen LogP contribution < -0.4 is 5.32 Å². The first-order valence-corrected chi connectivity index (χ1v) is 7.15. The lowest BCUT2D eigenvalue weighted by Crippen LogP contribution is -2.27. The van der Waals surface area contributed by atoms with Crippen molar-refractivity contribution in [3.63, 3.8) is 0 Å². The highest BCUT2D eigenvalue weighted by atomic mass is 16.5. The van der Waals surface area contributed by atoms with E-state index in [-0.39, 0.29) is 0 Å². The molecule has 0 heterocycles. The molecule has 0 spiro atoms. The highest BCUT2D eigenvalue weighted by Crippen LogP contribution is 2.23. The van der Waals surface area contributed by atoms with E-state index in [1.165, 1.54) is 44.9 Å². The molecule has 0 saturated heterocycles. The summed E-state index contributed by atoms with van der Waals surface area (Å²) in [5, 5.41) is 3.18. The number of hydrogen-bond donors (Lipinski definition) is 1. The molecular weight excluding hydrogens is 214 g/mol. The normalized spacial score (nSPS) is 25.1. The molecule has 0 aromatic carbocycles. The molecule has 0 radical (unpaired) electrons. The van der Waals surface area contributed by atoms with E-state index < -0.39 is 0 Å². The van der Waals surface area contributed by atoms with Crippen LogP contribution in [0.2, 0.25) is 0 Å². The van der Waals surface area contributed by atoms with Crippen molar-refractivity contribution in [1.29, 1.82) is 0 Å². The number of rotatable bonds is 9. The number of hydrogen-bond acceptors (Lipinski definition) is 3. The molecule has 1 saturated carbocycles. The number of nitrogens with one attached hydrogen (secondary N) is 1. The maximum atomic E-state index is 5.93. The first-order chi connectivity index (χ1) is 8.36. The lowest BCUT2D eigenvalue weighted by molar-refractivity contribution is -0.0303. The number of ether oxygens (including phenoxy) is 2. The third-order valence-electron chi connectivity index (χ3n) is 3.59. The molecule has 1 aliphatic rings. The smallest absolute Gasteiger partial charge is 0.0599 e. The second-order valence-corrected chi connectivity index (χ2v) is 5.03. The molecule has 1 N–H and O–H groups in total. The lowest BCUT2D eigenvalue weighted by Gasteiger charge is -2.28. The molecular formula is C14H29NO2. The zero-order valence-electron chi connectivity index (χ0n) is 11.5. The predicted molar refractivity (Wildman–Crippen MR) is 71.4 cm³/mol. The van der Waals surface area contributed by atoms with Crippen molar-refractivity contribution in [3.8, 4) is 0 Å². The molecule has 1 aliphatic carbocycles. The van der Waals surface area contributed by atoms with E-state index in [1.54, 1.807) is 0 Å². The van der Waals surface area contributed by atoms with Gasteiger partial charge in [-0.1, -0.05) is 12.8 Å². The molecule has 2 unspecified atom stereocenters. The van der Waals surface area contributed by atoms with Gasteiger partial charge in [-0.25, -0.2) is 0 Å². The molecule has 102 valence electrons. The van der Waals surface area contributed by atoms with Gasteiger partial charge in [-0.15, -0.1) is 0 Å². The van der Waals surface area contributed by atoms with E-state index in [1.807, 2.05) is 14.2 Å². The second kappa shape index (κ2) is 9.86. The predicted octanol–water partition coefficient (Wildman–Crippen LogP) is 2.74. The van der Waals surface area contributed by atoms with Crippen molar-refractivity contribution < 1.29 is 9.47 Å².